The lowest BCUT2D eigenvalue weighted by Gasteiger charge is -2.11. The topological polar surface area (TPSA) is 55.8 Å². The molecule has 0 radical (unpaired) electrons. The summed E-state index contributed by atoms with van der Waals surface area (Å²) in [6.45, 7) is 0. The van der Waals surface area contributed by atoms with E-state index in [-0.39, 0.29) is 11.3 Å². The molecule has 0 saturated heterocycles. The molecule has 82 valence electrons. The Morgan fingerprint density at radius 2 is 2.13 bits per heavy atom. The molecule has 5 heteroatoms. The van der Waals surface area contributed by atoms with Gasteiger partial charge in [-0.2, -0.15) is 0 Å². The number of aliphatic carboxylic acids is 1. The van der Waals surface area contributed by atoms with E-state index in [2.05, 4.69) is 0 Å². The van der Waals surface area contributed by atoms with Gasteiger partial charge in [-0.05, 0) is 17.7 Å². The van der Waals surface area contributed by atoms with Gasteiger partial charge < -0.3 is 14.6 Å². The standard InChI is InChI=1S/C10H11FO4/c1-14-8-4-3-6(5-7(8)11)9(15-2)10(12)13/h3-5,9H,1-2H3,(H,12,13). The zero-order valence-electron chi connectivity index (χ0n) is 8.36. The number of rotatable bonds is 4. The van der Waals surface area contributed by atoms with Crippen molar-refractivity contribution in [1.82, 2.24) is 0 Å². The first-order valence-corrected chi connectivity index (χ1v) is 4.19. The number of hydrogen-bond acceptors (Lipinski definition) is 3. The summed E-state index contributed by atoms with van der Waals surface area (Å²) in [6, 6.07) is 3.89. The summed E-state index contributed by atoms with van der Waals surface area (Å²) < 4.78 is 22.7. The van der Waals surface area contributed by atoms with Crippen molar-refractivity contribution in [2.24, 2.45) is 0 Å². The van der Waals surface area contributed by atoms with Gasteiger partial charge in [-0.3, -0.25) is 0 Å². The van der Waals surface area contributed by atoms with Crippen LogP contribution in [0.25, 0.3) is 0 Å². The van der Waals surface area contributed by atoms with Crippen LogP contribution in [0.1, 0.15) is 11.7 Å². The number of carbonyl (C=O) groups is 1. The molecule has 1 unspecified atom stereocenters. The second kappa shape index (κ2) is 4.75. The summed E-state index contributed by atoms with van der Waals surface area (Å²) >= 11 is 0. The molecular formula is C10H11FO4. The Balaban J connectivity index is 3.05. The molecule has 1 aromatic carbocycles. The van der Waals surface area contributed by atoms with Crippen LogP contribution in [0.15, 0.2) is 18.2 Å². The Labute approximate surface area is 86.2 Å². The highest BCUT2D eigenvalue weighted by Gasteiger charge is 2.20. The van der Waals surface area contributed by atoms with Gasteiger partial charge in [-0.25, -0.2) is 9.18 Å². The number of benzene rings is 1. The highest BCUT2D eigenvalue weighted by Crippen LogP contribution is 2.23. The van der Waals surface area contributed by atoms with Crippen molar-refractivity contribution in [3.63, 3.8) is 0 Å². The summed E-state index contributed by atoms with van der Waals surface area (Å²) in [5.41, 5.74) is 0.239. The minimum atomic E-state index is -1.16. The second-order valence-corrected chi connectivity index (χ2v) is 2.85. The van der Waals surface area contributed by atoms with Crippen molar-refractivity contribution in [1.29, 1.82) is 0 Å². The van der Waals surface area contributed by atoms with Gasteiger partial charge in [-0.15, -0.1) is 0 Å². The molecule has 0 aliphatic carbocycles. The van der Waals surface area contributed by atoms with Crippen LogP contribution in [0.2, 0.25) is 0 Å². The van der Waals surface area contributed by atoms with Gasteiger partial charge in [0.05, 0.1) is 7.11 Å². The van der Waals surface area contributed by atoms with E-state index < -0.39 is 17.9 Å². The molecule has 1 N–H and O–H groups in total. The molecule has 1 rings (SSSR count). The zero-order chi connectivity index (χ0) is 11.4. The van der Waals surface area contributed by atoms with Gasteiger partial charge in [0.25, 0.3) is 0 Å². The van der Waals surface area contributed by atoms with E-state index >= 15 is 0 Å². The third-order valence-corrected chi connectivity index (χ3v) is 1.94. The fourth-order valence-corrected chi connectivity index (χ4v) is 1.23. The Morgan fingerprint density at radius 1 is 1.47 bits per heavy atom. The molecular weight excluding hydrogens is 203 g/mol. The maximum absolute atomic E-state index is 13.2. The molecule has 0 saturated carbocycles. The Bertz CT molecular complexity index is 364. The van der Waals surface area contributed by atoms with E-state index in [1.165, 1.54) is 26.4 Å². The molecule has 0 amide bonds. The van der Waals surface area contributed by atoms with E-state index in [0.29, 0.717) is 0 Å². The Morgan fingerprint density at radius 3 is 2.53 bits per heavy atom. The lowest BCUT2D eigenvalue weighted by molar-refractivity contribution is -0.148. The molecule has 4 nitrogen and oxygen atoms in total. The van der Waals surface area contributed by atoms with Crippen LogP contribution in [0.5, 0.6) is 5.75 Å². The molecule has 0 spiro atoms. The fraction of sp³-hybridized carbons (Fsp3) is 0.300. The van der Waals surface area contributed by atoms with E-state index in [4.69, 9.17) is 14.6 Å². The van der Waals surface area contributed by atoms with Crippen LogP contribution in [0.4, 0.5) is 4.39 Å². The van der Waals surface area contributed by atoms with E-state index in [0.717, 1.165) is 6.07 Å². The lowest BCUT2D eigenvalue weighted by Crippen LogP contribution is -2.13. The molecule has 1 aromatic rings. The predicted molar refractivity (Wildman–Crippen MR) is 50.3 cm³/mol. The second-order valence-electron chi connectivity index (χ2n) is 2.85. The van der Waals surface area contributed by atoms with Gasteiger partial charge in [-0.1, -0.05) is 6.07 Å². The smallest absolute Gasteiger partial charge is 0.337 e. The minimum Gasteiger partial charge on any atom is -0.494 e. The number of ether oxygens (including phenoxy) is 2. The normalized spacial score (nSPS) is 12.2. The highest BCUT2D eigenvalue weighted by molar-refractivity contribution is 5.74. The summed E-state index contributed by atoms with van der Waals surface area (Å²) in [5, 5.41) is 8.77. The highest BCUT2D eigenvalue weighted by atomic mass is 19.1. The number of halogens is 1. The summed E-state index contributed by atoms with van der Waals surface area (Å²) in [4.78, 5) is 10.7. The third kappa shape index (κ3) is 2.44. The first-order chi connectivity index (χ1) is 7.10. The van der Waals surface area contributed by atoms with Crippen molar-refractivity contribution in [2.75, 3.05) is 14.2 Å². The minimum absolute atomic E-state index is 0.0685. The van der Waals surface area contributed by atoms with Crippen LogP contribution in [0.3, 0.4) is 0 Å². The summed E-state index contributed by atoms with van der Waals surface area (Å²) in [6.07, 6.45) is -1.16. The third-order valence-electron chi connectivity index (χ3n) is 1.94. The van der Waals surface area contributed by atoms with Gasteiger partial charge in [0.15, 0.2) is 17.7 Å². The van der Waals surface area contributed by atoms with Gasteiger partial charge in [0, 0.05) is 7.11 Å². The van der Waals surface area contributed by atoms with E-state index in [1.54, 1.807) is 0 Å². The molecule has 15 heavy (non-hydrogen) atoms. The number of methoxy groups -OCH3 is 2. The van der Waals surface area contributed by atoms with Crippen LogP contribution < -0.4 is 4.74 Å². The Kier molecular flexibility index (Phi) is 3.62. The van der Waals surface area contributed by atoms with Crippen LogP contribution in [-0.4, -0.2) is 25.3 Å². The number of carboxylic acid groups (broad SMARTS) is 1. The molecule has 0 bridgehead atoms. The van der Waals surface area contributed by atoms with Crippen LogP contribution in [-0.2, 0) is 9.53 Å². The average molecular weight is 214 g/mol. The summed E-state index contributed by atoms with van der Waals surface area (Å²) in [7, 11) is 2.59. The van der Waals surface area contributed by atoms with Crippen molar-refractivity contribution in [2.45, 2.75) is 6.10 Å². The largest absolute Gasteiger partial charge is 0.494 e. The fourth-order valence-electron chi connectivity index (χ4n) is 1.23. The Hall–Kier alpha value is -1.62. The van der Waals surface area contributed by atoms with Crippen molar-refractivity contribution in [3.8, 4) is 5.75 Å². The predicted octanol–water partition coefficient (Wildman–Crippen LogP) is 1.61. The number of carboxylic acids is 1. The van der Waals surface area contributed by atoms with E-state index in [1.807, 2.05) is 0 Å². The molecule has 0 aromatic heterocycles. The van der Waals surface area contributed by atoms with Gasteiger partial charge in [0.2, 0.25) is 0 Å². The van der Waals surface area contributed by atoms with Gasteiger partial charge >= 0.3 is 5.97 Å². The molecule has 0 fully saturated rings. The maximum Gasteiger partial charge on any atom is 0.337 e. The summed E-state index contributed by atoms with van der Waals surface area (Å²) in [5.74, 6) is -1.71. The number of hydrogen-bond donors (Lipinski definition) is 1. The molecule has 1 atom stereocenters. The van der Waals surface area contributed by atoms with Crippen LogP contribution in [0, 0.1) is 5.82 Å². The first kappa shape index (κ1) is 11.5. The average Bonchev–Trinajstić information content (AvgIpc) is 2.18. The van der Waals surface area contributed by atoms with Gasteiger partial charge in [0.1, 0.15) is 0 Å². The zero-order valence-corrected chi connectivity index (χ0v) is 8.36. The monoisotopic (exact) mass is 214 g/mol. The van der Waals surface area contributed by atoms with Crippen LogP contribution >= 0.6 is 0 Å². The lowest BCUT2D eigenvalue weighted by atomic mass is 10.1. The van der Waals surface area contributed by atoms with Crippen molar-refractivity contribution >= 4 is 5.97 Å². The SMILES string of the molecule is COc1ccc(C(OC)C(=O)O)cc1F. The van der Waals surface area contributed by atoms with E-state index in [9.17, 15) is 9.18 Å². The van der Waals surface area contributed by atoms with Crippen molar-refractivity contribution in [3.05, 3.63) is 29.6 Å². The van der Waals surface area contributed by atoms with Crippen molar-refractivity contribution < 1.29 is 23.8 Å². The molecule has 0 aliphatic heterocycles. The first-order valence-electron chi connectivity index (χ1n) is 4.19. The quantitative estimate of drug-likeness (QED) is 0.827. The molecule has 0 heterocycles. The molecule has 0 aliphatic rings. The maximum atomic E-state index is 13.2.